The fourth-order valence-electron chi connectivity index (χ4n) is 2.54. The molecule has 2 heterocycles. The lowest BCUT2D eigenvalue weighted by atomic mass is 10.1. The molecule has 0 amide bonds. The van der Waals surface area contributed by atoms with Crippen molar-refractivity contribution in [3.63, 3.8) is 0 Å². The van der Waals surface area contributed by atoms with Crippen LogP contribution in [0.1, 0.15) is 32.0 Å². The number of aromatic nitrogens is 1. The lowest BCUT2D eigenvalue weighted by Crippen LogP contribution is -2.18. The highest BCUT2D eigenvalue weighted by Gasteiger charge is 2.20. The Morgan fingerprint density at radius 2 is 1.88 bits per heavy atom. The van der Waals surface area contributed by atoms with Crippen molar-refractivity contribution in [3.8, 4) is 11.5 Å². The maximum atomic E-state index is 12.3. The molecule has 1 aromatic heterocycles. The number of pyridine rings is 1. The first-order valence-electron chi connectivity index (χ1n) is 7.69. The third kappa shape index (κ3) is 3.74. The third-order valence-electron chi connectivity index (χ3n) is 3.70. The predicted octanol–water partition coefficient (Wildman–Crippen LogP) is 3.16. The molecule has 0 bridgehead atoms. The minimum Gasteiger partial charge on any atom is -0.486 e. The highest BCUT2D eigenvalue weighted by atomic mass is 35.5. The summed E-state index contributed by atoms with van der Waals surface area (Å²) in [5.74, 6) is 0.0676. The zero-order valence-electron chi connectivity index (χ0n) is 13.8. The second-order valence-corrected chi connectivity index (χ2v) is 5.96. The van der Waals surface area contributed by atoms with Gasteiger partial charge in [0.1, 0.15) is 18.4 Å². The fraction of sp³-hybridized carbons (Fsp3) is 0.278. The van der Waals surface area contributed by atoms with E-state index >= 15 is 0 Å². The Morgan fingerprint density at radius 1 is 1.16 bits per heavy atom. The van der Waals surface area contributed by atoms with E-state index in [1.807, 2.05) is 0 Å². The SMILES string of the molecule is Cc1cc(C)c(C(=O)OCC(=O)c2ccc3c(c2)OCCO3)c(Cl)n1. The van der Waals surface area contributed by atoms with E-state index in [0.717, 1.165) is 0 Å². The standard InChI is InChI=1S/C18H16ClNO5/c1-10-7-11(2)20-17(19)16(10)18(22)25-9-13(21)12-3-4-14-15(8-12)24-6-5-23-14/h3-4,7-8H,5-6,9H2,1-2H3. The largest absolute Gasteiger partial charge is 0.486 e. The summed E-state index contributed by atoms with van der Waals surface area (Å²) in [5, 5.41) is 0.0641. The summed E-state index contributed by atoms with van der Waals surface area (Å²) < 4.78 is 16.0. The first-order chi connectivity index (χ1) is 12.0. The maximum absolute atomic E-state index is 12.3. The van der Waals surface area contributed by atoms with Gasteiger partial charge in [0.15, 0.2) is 23.9 Å². The van der Waals surface area contributed by atoms with E-state index in [1.165, 1.54) is 0 Å². The van der Waals surface area contributed by atoms with Gasteiger partial charge in [0.05, 0.1) is 5.56 Å². The van der Waals surface area contributed by atoms with Crippen LogP contribution in [0.25, 0.3) is 0 Å². The molecule has 2 aromatic rings. The number of hydrogen-bond acceptors (Lipinski definition) is 6. The van der Waals surface area contributed by atoms with Gasteiger partial charge in [-0.25, -0.2) is 9.78 Å². The lowest BCUT2D eigenvalue weighted by Gasteiger charge is -2.18. The van der Waals surface area contributed by atoms with E-state index in [-0.39, 0.29) is 16.5 Å². The Balaban J connectivity index is 1.69. The average Bonchev–Trinajstić information content (AvgIpc) is 2.58. The highest BCUT2D eigenvalue weighted by Crippen LogP contribution is 2.31. The zero-order valence-corrected chi connectivity index (χ0v) is 14.6. The van der Waals surface area contributed by atoms with Gasteiger partial charge in [-0.05, 0) is 43.7 Å². The van der Waals surface area contributed by atoms with Gasteiger partial charge in [0.2, 0.25) is 0 Å². The minimum atomic E-state index is -0.680. The number of rotatable bonds is 4. The number of hydrogen-bond donors (Lipinski definition) is 0. The number of halogens is 1. The molecule has 25 heavy (non-hydrogen) atoms. The molecule has 0 aliphatic carbocycles. The van der Waals surface area contributed by atoms with Gasteiger partial charge in [-0.15, -0.1) is 0 Å². The molecule has 0 fully saturated rings. The van der Waals surface area contributed by atoms with Crippen LogP contribution in [-0.4, -0.2) is 36.6 Å². The summed E-state index contributed by atoms with van der Waals surface area (Å²) in [6.45, 7) is 4.02. The van der Waals surface area contributed by atoms with Crippen LogP contribution in [-0.2, 0) is 4.74 Å². The van der Waals surface area contributed by atoms with Crippen LogP contribution in [0.4, 0.5) is 0 Å². The topological polar surface area (TPSA) is 74.7 Å². The van der Waals surface area contributed by atoms with E-state index in [0.29, 0.717) is 41.5 Å². The van der Waals surface area contributed by atoms with E-state index in [4.69, 9.17) is 25.8 Å². The van der Waals surface area contributed by atoms with Gasteiger partial charge < -0.3 is 14.2 Å². The molecule has 1 aliphatic heterocycles. The normalized spacial score (nSPS) is 12.6. The van der Waals surface area contributed by atoms with E-state index in [1.54, 1.807) is 38.1 Å². The molecule has 6 nitrogen and oxygen atoms in total. The van der Waals surface area contributed by atoms with Crippen LogP contribution >= 0.6 is 11.6 Å². The molecule has 0 unspecified atom stereocenters. The molecule has 1 aromatic carbocycles. The maximum Gasteiger partial charge on any atom is 0.342 e. The smallest absolute Gasteiger partial charge is 0.342 e. The van der Waals surface area contributed by atoms with Crippen LogP contribution in [0.5, 0.6) is 11.5 Å². The van der Waals surface area contributed by atoms with Crippen LogP contribution < -0.4 is 9.47 Å². The molecule has 0 radical (unpaired) electrons. The van der Waals surface area contributed by atoms with Crippen molar-refractivity contribution in [1.82, 2.24) is 4.98 Å². The van der Waals surface area contributed by atoms with Crippen molar-refractivity contribution in [2.75, 3.05) is 19.8 Å². The first-order valence-corrected chi connectivity index (χ1v) is 8.07. The number of carbonyl (C=O) groups is 2. The van der Waals surface area contributed by atoms with Crippen LogP contribution in [0.3, 0.4) is 0 Å². The summed E-state index contributed by atoms with van der Waals surface area (Å²) in [5.41, 5.74) is 1.89. The molecule has 7 heteroatoms. The van der Waals surface area contributed by atoms with E-state index < -0.39 is 12.6 Å². The van der Waals surface area contributed by atoms with Crippen molar-refractivity contribution in [2.45, 2.75) is 13.8 Å². The van der Waals surface area contributed by atoms with Crippen molar-refractivity contribution in [3.05, 3.63) is 51.8 Å². The van der Waals surface area contributed by atoms with E-state index in [2.05, 4.69) is 4.98 Å². The summed E-state index contributed by atoms with van der Waals surface area (Å²) in [4.78, 5) is 28.5. The average molecular weight is 362 g/mol. The summed E-state index contributed by atoms with van der Waals surface area (Å²) in [6.07, 6.45) is 0. The second-order valence-electron chi connectivity index (χ2n) is 5.60. The number of esters is 1. The van der Waals surface area contributed by atoms with Crippen LogP contribution in [0.15, 0.2) is 24.3 Å². The summed E-state index contributed by atoms with van der Waals surface area (Å²) >= 11 is 6.01. The number of Topliss-reactive ketones (excluding diaryl/α,β-unsaturated/α-hetero) is 1. The number of benzene rings is 1. The van der Waals surface area contributed by atoms with Gasteiger partial charge in [0, 0.05) is 11.3 Å². The third-order valence-corrected chi connectivity index (χ3v) is 3.98. The number of nitrogens with zero attached hydrogens (tertiary/aromatic N) is 1. The van der Waals surface area contributed by atoms with E-state index in [9.17, 15) is 9.59 Å². The van der Waals surface area contributed by atoms with Crippen molar-refractivity contribution in [1.29, 1.82) is 0 Å². The number of aryl methyl sites for hydroxylation is 2. The number of fused-ring (bicyclic) bond motifs is 1. The van der Waals surface area contributed by atoms with Gasteiger partial charge >= 0.3 is 5.97 Å². The van der Waals surface area contributed by atoms with Gasteiger partial charge in [-0.2, -0.15) is 0 Å². The molecular weight excluding hydrogens is 346 g/mol. The highest BCUT2D eigenvalue weighted by molar-refractivity contribution is 6.32. The molecule has 0 saturated carbocycles. The Hall–Kier alpha value is -2.60. The predicted molar refractivity (Wildman–Crippen MR) is 90.8 cm³/mol. The Bertz CT molecular complexity index is 826. The van der Waals surface area contributed by atoms with Gasteiger partial charge in [-0.3, -0.25) is 4.79 Å². The Morgan fingerprint density at radius 3 is 2.60 bits per heavy atom. The molecule has 0 atom stereocenters. The molecule has 3 rings (SSSR count). The molecule has 0 saturated heterocycles. The molecule has 0 N–H and O–H groups in total. The molecule has 130 valence electrons. The number of ether oxygens (including phenoxy) is 3. The van der Waals surface area contributed by atoms with Gasteiger partial charge in [0.25, 0.3) is 0 Å². The number of carbonyl (C=O) groups excluding carboxylic acids is 2. The Kier molecular flexibility index (Phi) is 4.90. The van der Waals surface area contributed by atoms with Crippen LogP contribution in [0, 0.1) is 13.8 Å². The number of ketones is 1. The van der Waals surface area contributed by atoms with Crippen molar-refractivity contribution >= 4 is 23.4 Å². The van der Waals surface area contributed by atoms with Gasteiger partial charge in [-0.1, -0.05) is 11.6 Å². The minimum absolute atomic E-state index is 0.0641. The first kappa shape index (κ1) is 17.2. The zero-order chi connectivity index (χ0) is 18.0. The Labute approximate surface area is 149 Å². The van der Waals surface area contributed by atoms with Crippen molar-refractivity contribution in [2.24, 2.45) is 0 Å². The van der Waals surface area contributed by atoms with Crippen molar-refractivity contribution < 1.29 is 23.8 Å². The second kappa shape index (κ2) is 7.11. The lowest BCUT2D eigenvalue weighted by molar-refractivity contribution is 0.0473. The summed E-state index contributed by atoms with van der Waals surface area (Å²) in [6, 6.07) is 6.57. The molecule has 1 aliphatic rings. The van der Waals surface area contributed by atoms with Crippen LogP contribution in [0.2, 0.25) is 5.15 Å². The monoisotopic (exact) mass is 361 g/mol. The molecular formula is C18H16ClNO5. The molecule has 0 spiro atoms. The summed E-state index contributed by atoms with van der Waals surface area (Å²) in [7, 11) is 0. The quantitative estimate of drug-likeness (QED) is 0.473. The fourth-order valence-corrected chi connectivity index (χ4v) is 2.90.